The van der Waals surface area contributed by atoms with E-state index in [0.29, 0.717) is 12.1 Å². The zero-order valence-electron chi connectivity index (χ0n) is 9.79. The fraction of sp³-hybridized carbons (Fsp3) is 0.667. The van der Waals surface area contributed by atoms with Gasteiger partial charge in [-0.3, -0.25) is 4.98 Å². The van der Waals surface area contributed by atoms with E-state index in [9.17, 15) is 9.90 Å². The van der Waals surface area contributed by atoms with Gasteiger partial charge in [-0.1, -0.05) is 0 Å². The van der Waals surface area contributed by atoms with Crippen LogP contribution in [0.3, 0.4) is 0 Å². The summed E-state index contributed by atoms with van der Waals surface area (Å²) in [5.74, 6) is -0.0804. The number of aryl methyl sites for hydroxylation is 1. The summed E-state index contributed by atoms with van der Waals surface area (Å²) in [6, 6.07) is 0.812. The van der Waals surface area contributed by atoms with Crippen molar-refractivity contribution in [1.29, 1.82) is 0 Å². The molecular weight excluding hydrogens is 228 g/mol. The molecule has 16 heavy (non-hydrogen) atoms. The van der Waals surface area contributed by atoms with Crippen LogP contribution in [-0.4, -0.2) is 37.9 Å². The molecule has 0 bridgehead atoms. The molecule has 0 aliphatic rings. The molecule has 0 saturated heterocycles. The van der Waals surface area contributed by atoms with Crippen LogP contribution >= 0.6 is 0 Å². The maximum absolute atomic E-state index is 10.9. The molecule has 1 aromatic heterocycles. The van der Waals surface area contributed by atoms with Crippen molar-refractivity contribution in [2.45, 2.75) is 25.4 Å². The van der Waals surface area contributed by atoms with Crippen LogP contribution < -0.4 is 5.69 Å². The third-order valence-corrected chi connectivity index (χ3v) is 5.69. The summed E-state index contributed by atoms with van der Waals surface area (Å²) in [6.07, 6.45) is 1.39. The Balaban J connectivity index is 2.47. The Hall–Kier alpha value is -1.05. The third kappa shape index (κ3) is 3.22. The zero-order valence-corrected chi connectivity index (χ0v) is 10.8. The number of imidazole rings is 1. The van der Waals surface area contributed by atoms with Gasteiger partial charge in [0.25, 0.3) is 0 Å². The number of aromatic amines is 2. The highest BCUT2D eigenvalue weighted by Gasteiger charge is 2.27. The van der Waals surface area contributed by atoms with Crippen molar-refractivity contribution in [3.63, 3.8) is 0 Å². The first-order chi connectivity index (χ1) is 7.50. The summed E-state index contributed by atoms with van der Waals surface area (Å²) in [6.45, 7) is 1.98. The van der Waals surface area contributed by atoms with Gasteiger partial charge >= 0.3 is 14.3 Å². The number of rotatable bonds is 6. The molecule has 0 unspecified atom stereocenters. The van der Waals surface area contributed by atoms with E-state index in [1.54, 1.807) is 14.2 Å². The molecule has 92 valence electrons. The lowest BCUT2D eigenvalue weighted by molar-refractivity contribution is 0.248. The van der Waals surface area contributed by atoms with Gasteiger partial charge in [0, 0.05) is 14.2 Å². The molecule has 0 aliphatic heterocycles. The molecule has 0 aromatic carbocycles. The maximum atomic E-state index is 10.9. The number of H-pyrrole nitrogens is 2. The second kappa shape index (κ2) is 5.33. The number of aromatic hydroxyl groups is 1. The molecule has 0 atom stereocenters. The van der Waals surface area contributed by atoms with Crippen LogP contribution in [0, 0.1) is 0 Å². The highest BCUT2D eigenvalue weighted by atomic mass is 28.4. The normalized spacial score (nSPS) is 11.9. The standard InChI is InChI=1S/C9H18N2O4Si/c1-14-16(3,15-2)6-4-5-7-8(12)11-9(13)10-7/h12H,4-6H2,1-3H3,(H2,10,11,13). The fourth-order valence-corrected chi connectivity index (χ4v) is 2.86. The van der Waals surface area contributed by atoms with E-state index < -0.39 is 8.56 Å². The van der Waals surface area contributed by atoms with Crippen molar-refractivity contribution in [1.82, 2.24) is 9.97 Å². The molecule has 7 heteroatoms. The van der Waals surface area contributed by atoms with Gasteiger partial charge in [-0.2, -0.15) is 0 Å². The Morgan fingerprint density at radius 3 is 2.38 bits per heavy atom. The van der Waals surface area contributed by atoms with Crippen LogP contribution in [0.15, 0.2) is 4.79 Å². The van der Waals surface area contributed by atoms with Gasteiger partial charge < -0.3 is 18.9 Å². The number of hydrogen-bond acceptors (Lipinski definition) is 4. The van der Waals surface area contributed by atoms with Crippen LogP contribution in [0.2, 0.25) is 12.6 Å². The maximum Gasteiger partial charge on any atom is 0.334 e. The van der Waals surface area contributed by atoms with E-state index in [1.165, 1.54) is 0 Å². The average Bonchev–Trinajstić information content (AvgIpc) is 2.57. The molecule has 3 N–H and O–H groups in total. The monoisotopic (exact) mass is 246 g/mol. The zero-order chi connectivity index (χ0) is 12.2. The van der Waals surface area contributed by atoms with E-state index in [0.717, 1.165) is 12.5 Å². The second-order valence-corrected chi connectivity index (χ2v) is 7.39. The lowest BCUT2D eigenvalue weighted by Crippen LogP contribution is -2.35. The van der Waals surface area contributed by atoms with Crippen molar-refractivity contribution >= 4 is 8.56 Å². The second-order valence-electron chi connectivity index (χ2n) is 3.80. The molecule has 0 amide bonds. The van der Waals surface area contributed by atoms with Crippen molar-refractivity contribution in [3.8, 4) is 5.88 Å². The quantitative estimate of drug-likeness (QED) is 0.645. The SMILES string of the molecule is CO[Si](C)(CCCc1[nH]c(=O)[nH]c1O)OC. The van der Waals surface area contributed by atoms with Crippen molar-refractivity contribution < 1.29 is 14.0 Å². The molecule has 0 fully saturated rings. The van der Waals surface area contributed by atoms with Crippen molar-refractivity contribution in [2.24, 2.45) is 0 Å². The van der Waals surface area contributed by atoms with Crippen molar-refractivity contribution in [2.75, 3.05) is 14.2 Å². The highest BCUT2D eigenvalue weighted by Crippen LogP contribution is 2.17. The fourth-order valence-electron chi connectivity index (χ4n) is 1.47. The van der Waals surface area contributed by atoms with Gasteiger partial charge in [-0.25, -0.2) is 4.79 Å². The first kappa shape index (κ1) is 13.0. The topological polar surface area (TPSA) is 87.3 Å². The summed E-state index contributed by atoms with van der Waals surface area (Å²) >= 11 is 0. The third-order valence-electron chi connectivity index (χ3n) is 2.70. The van der Waals surface area contributed by atoms with E-state index in [2.05, 4.69) is 9.97 Å². The van der Waals surface area contributed by atoms with E-state index in [1.807, 2.05) is 6.55 Å². The van der Waals surface area contributed by atoms with Gasteiger partial charge in [-0.15, -0.1) is 0 Å². The van der Waals surface area contributed by atoms with Crippen LogP contribution in [0.4, 0.5) is 0 Å². The molecule has 0 radical (unpaired) electrons. The van der Waals surface area contributed by atoms with Gasteiger partial charge in [0.05, 0.1) is 5.69 Å². The highest BCUT2D eigenvalue weighted by molar-refractivity contribution is 6.65. The predicted molar refractivity (Wildman–Crippen MR) is 61.8 cm³/mol. The van der Waals surface area contributed by atoms with Crippen LogP contribution in [0.25, 0.3) is 0 Å². The minimum absolute atomic E-state index is 0.0804. The Morgan fingerprint density at radius 2 is 1.94 bits per heavy atom. The summed E-state index contributed by atoms with van der Waals surface area (Å²) in [4.78, 5) is 15.7. The lowest BCUT2D eigenvalue weighted by atomic mass is 10.3. The Labute approximate surface area is 94.9 Å². The summed E-state index contributed by atoms with van der Waals surface area (Å²) in [5.41, 5.74) is 0.152. The summed E-state index contributed by atoms with van der Waals surface area (Å²) in [5, 5.41) is 9.34. The van der Waals surface area contributed by atoms with E-state index >= 15 is 0 Å². The largest absolute Gasteiger partial charge is 0.493 e. The van der Waals surface area contributed by atoms with Crippen molar-refractivity contribution in [3.05, 3.63) is 16.2 Å². The van der Waals surface area contributed by atoms with E-state index in [-0.39, 0.29) is 11.6 Å². The minimum atomic E-state index is -2.05. The molecule has 1 aromatic rings. The Kier molecular flexibility index (Phi) is 4.33. The van der Waals surface area contributed by atoms with Gasteiger partial charge in [0.2, 0.25) is 5.88 Å². The average molecular weight is 246 g/mol. The van der Waals surface area contributed by atoms with Crippen LogP contribution in [0.1, 0.15) is 12.1 Å². The summed E-state index contributed by atoms with van der Waals surface area (Å²) in [7, 11) is 1.24. The first-order valence-electron chi connectivity index (χ1n) is 5.11. The molecule has 0 saturated carbocycles. The smallest absolute Gasteiger partial charge is 0.334 e. The molecule has 1 rings (SSSR count). The Morgan fingerprint density at radius 1 is 1.31 bits per heavy atom. The molecule has 0 aliphatic carbocycles. The van der Waals surface area contributed by atoms with Gasteiger partial charge in [-0.05, 0) is 25.4 Å². The molecule has 1 heterocycles. The Bertz CT molecular complexity index is 383. The number of hydrogen-bond donors (Lipinski definition) is 3. The lowest BCUT2D eigenvalue weighted by Gasteiger charge is -2.22. The van der Waals surface area contributed by atoms with Crippen LogP contribution in [-0.2, 0) is 15.3 Å². The molecular formula is C9H18N2O4Si. The first-order valence-corrected chi connectivity index (χ1v) is 7.63. The van der Waals surface area contributed by atoms with E-state index in [4.69, 9.17) is 8.85 Å². The number of aromatic nitrogens is 2. The van der Waals surface area contributed by atoms with Gasteiger partial charge in [0.1, 0.15) is 0 Å². The minimum Gasteiger partial charge on any atom is -0.493 e. The summed E-state index contributed by atoms with van der Waals surface area (Å²) < 4.78 is 10.7. The molecule has 0 spiro atoms. The predicted octanol–water partition coefficient (Wildman–Crippen LogP) is 0.706. The number of nitrogens with one attached hydrogen (secondary N) is 2. The van der Waals surface area contributed by atoms with Crippen LogP contribution in [0.5, 0.6) is 5.88 Å². The van der Waals surface area contributed by atoms with Gasteiger partial charge in [0.15, 0.2) is 0 Å². The molecule has 6 nitrogen and oxygen atoms in total.